The largest absolute Gasteiger partial charge is 0.314 e. The second-order valence-corrected chi connectivity index (χ2v) is 6.42. The van der Waals surface area contributed by atoms with E-state index in [0.717, 1.165) is 12.6 Å². The van der Waals surface area contributed by atoms with E-state index in [1.54, 1.807) is 0 Å². The molecule has 0 unspecified atom stereocenters. The molecule has 0 spiro atoms. The van der Waals surface area contributed by atoms with E-state index >= 15 is 0 Å². The van der Waals surface area contributed by atoms with E-state index in [0.29, 0.717) is 5.41 Å². The highest BCUT2D eigenvalue weighted by molar-refractivity contribution is 7.10. The van der Waals surface area contributed by atoms with Crippen LogP contribution in [-0.2, 0) is 5.41 Å². The topological polar surface area (TPSA) is 12.0 Å². The Morgan fingerprint density at radius 1 is 1.47 bits per heavy atom. The molecule has 0 radical (unpaired) electrons. The van der Waals surface area contributed by atoms with Gasteiger partial charge in [-0.25, -0.2) is 0 Å². The molecule has 1 fully saturated rings. The van der Waals surface area contributed by atoms with Crippen molar-refractivity contribution in [2.45, 2.75) is 51.5 Å². The fourth-order valence-electron chi connectivity index (χ4n) is 1.82. The molecular formula is C13H21NS. The molecule has 1 aliphatic rings. The van der Waals surface area contributed by atoms with Crippen LogP contribution in [0.5, 0.6) is 0 Å². The third-order valence-electron chi connectivity index (χ3n) is 3.27. The number of nitrogens with one attached hydrogen (secondary N) is 1. The van der Waals surface area contributed by atoms with Crippen LogP contribution >= 0.6 is 11.3 Å². The third-order valence-corrected chi connectivity index (χ3v) is 4.13. The van der Waals surface area contributed by atoms with Crippen molar-refractivity contribution in [2.75, 3.05) is 6.54 Å². The lowest BCUT2D eigenvalue weighted by molar-refractivity contribution is 0.457. The Bertz CT molecular complexity index is 323. The number of hydrogen-bond acceptors (Lipinski definition) is 2. The minimum absolute atomic E-state index is 0.326. The molecule has 1 aliphatic carbocycles. The van der Waals surface area contributed by atoms with E-state index in [1.807, 2.05) is 11.3 Å². The first-order valence-electron chi connectivity index (χ1n) is 5.87. The molecule has 1 heterocycles. The van der Waals surface area contributed by atoms with Gasteiger partial charge in [0, 0.05) is 10.9 Å². The van der Waals surface area contributed by atoms with Crippen LogP contribution in [0.25, 0.3) is 0 Å². The van der Waals surface area contributed by atoms with Crippen molar-refractivity contribution in [3.63, 3.8) is 0 Å². The molecule has 84 valence electrons. The maximum absolute atomic E-state index is 3.59. The molecule has 1 aromatic rings. The van der Waals surface area contributed by atoms with Crippen LogP contribution in [0.2, 0.25) is 0 Å². The molecule has 0 aromatic carbocycles. The molecule has 0 amide bonds. The predicted octanol–water partition coefficient (Wildman–Crippen LogP) is 3.48. The molecule has 0 atom stereocenters. The summed E-state index contributed by atoms with van der Waals surface area (Å²) >= 11 is 1.86. The average molecular weight is 223 g/mol. The van der Waals surface area contributed by atoms with Crippen molar-refractivity contribution < 1.29 is 0 Å². The van der Waals surface area contributed by atoms with Crippen molar-refractivity contribution >= 4 is 11.3 Å². The van der Waals surface area contributed by atoms with Crippen LogP contribution < -0.4 is 5.32 Å². The first kappa shape index (κ1) is 11.2. The lowest BCUT2D eigenvalue weighted by Crippen LogP contribution is -2.26. The molecule has 1 saturated carbocycles. The molecule has 0 aliphatic heterocycles. The fraction of sp³-hybridized carbons (Fsp3) is 0.692. The van der Waals surface area contributed by atoms with Crippen molar-refractivity contribution in [3.8, 4) is 0 Å². The molecule has 0 bridgehead atoms. The van der Waals surface area contributed by atoms with Gasteiger partial charge in [0.2, 0.25) is 0 Å². The summed E-state index contributed by atoms with van der Waals surface area (Å²) in [6, 6.07) is 3.17. The highest BCUT2D eigenvalue weighted by Gasteiger charge is 2.24. The summed E-state index contributed by atoms with van der Waals surface area (Å²) in [4.78, 5) is 1.42. The Kier molecular flexibility index (Phi) is 3.17. The van der Waals surface area contributed by atoms with Gasteiger partial charge in [-0.2, -0.15) is 0 Å². The molecule has 1 N–H and O–H groups in total. The zero-order valence-electron chi connectivity index (χ0n) is 9.97. The van der Waals surface area contributed by atoms with Gasteiger partial charge in [-0.15, -0.1) is 11.3 Å². The van der Waals surface area contributed by atoms with E-state index in [4.69, 9.17) is 0 Å². The van der Waals surface area contributed by atoms with Crippen LogP contribution in [0.4, 0.5) is 0 Å². The van der Waals surface area contributed by atoms with E-state index in [2.05, 4.69) is 37.5 Å². The Morgan fingerprint density at radius 3 is 2.73 bits per heavy atom. The van der Waals surface area contributed by atoms with Crippen LogP contribution in [0.15, 0.2) is 11.4 Å². The second-order valence-electron chi connectivity index (χ2n) is 5.31. The van der Waals surface area contributed by atoms with E-state index in [-0.39, 0.29) is 0 Å². The molecular weight excluding hydrogens is 202 g/mol. The van der Waals surface area contributed by atoms with Crippen LogP contribution in [0.1, 0.15) is 43.6 Å². The first-order chi connectivity index (χ1) is 7.08. The molecule has 1 aromatic heterocycles. The molecule has 0 saturated heterocycles. The summed E-state index contributed by atoms with van der Waals surface area (Å²) in [6.07, 6.45) is 4.01. The Balaban J connectivity index is 1.86. The SMILES string of the molecule is Cc1cc(C(C)(C)CCNC2CC2)cs1. The number of rotatable bonds is 5. The van der Waals surface area contributed by atoms with E-state index in [1.165, 1.54) is 29.7 Å². The Morgan fingerprint density at radius 2 is 2.20 bits per heavy atom. The van der Waals surface area contributed by atoms with Crippen LogP contribution in [0, 0.1) is 6.92 Å². The number of thiophene rings is 1. The van der Waals surface area contributed by atoms with Gasteiger partial charge >= 0.3 is 0 Å². The average Bonchev–Trinajstić information content (AvgIpc) is 2.86. The first-order valence-corrected chi connectivity index (χ1v) is 6.75. The molecule has 2 heteroatoms. The molecule has 2 rings (SSSR count). The van der Waals surface area contributed by atoms with Gasteiger partial charge in [0.1, 0.15) is 0 Å². The van der Waals surface area contributed by atoms with E-state index < -0.39 is 0 Å². The highest BCUT2D eigenvalue weighted by Crippen LogP contribution is 2.30. The zero-order chi connectivity index (χ0) is 10.9. The Labute approximate surface area is 96.9 Å². The normalized spacial score (nSPS) is 17.0. The van der Waals surface area contributed by atoms with Crippen LogP contribution in [-0.4, -0.2) is 12.6 Å². The summed E-state index contributed by atoms with van der Waals surface area (Å²) in [6.45, 7) is 8.05. The van der Waals surface area contributed by atoms with Gasteiger partial charge in [0.05, 0.1) is 0 Å². The van der Waals surface area contributed by atoms with Gasteiger partial charge in [0.25, 0.3) is 0 Å². The number of hydrogen-bond donors (Lipinski definition) is 1. The predicted molar refractivity (Wildman–Crippen MR) is 67.7 cm³/mol. The lowest BCUT2D eigenvalue weighted by Gasteiger charge is -2.24. The van der Waals surface area contributed by atoms with Crippen molar-refractivity contribution in [1.29, 1.82) is 0 Å². The van der Waals surface area contributed by atoms with Gasteiger partial charge < -0.3 is 5.32 Å². The van der Waals surface area contributed by atoms with Gasteiger partial charge in [-0.1, -0.05) is 13.8 Å². The maximum atomic E-state index is 3.59. The summed E-state index contributed by atoms with van der Waals surface area (Å²) in [5.41, 5.74) is 1.83. The minimum Gasteiger partial charge on any atom is -0.314 e. The van der Waals surface area contributed by atoms with Crippen molar-refractivity contribution in [2.24, 2.45) is 0 Å². The van der Waals surface area contributed by atoms with Gasteiger partial charge in [-0.3, -0.25) is 0 Å². The fourth-order valence-corrected chi connectivity index (χ4v) is 2.71. The second kappa shape index (κ2) is 4.26. The van der Waals surface area contributed by atoms with Crippen molar-refractivity contribution in [3.05, 3.63) is 21.9 Å². The quantitative estimate of drug-likeness (QED) is 0.806. The van der Waals surface area contributed by atoms with Gasteiger partial charge in [0.15, 0.2) is 0 Å². The smallest absolute Gasteiger partial charge is 0.00682 e. The lowest BCUT2D eigenvalue weighted by atomic mass is 9.83. The Hall–Kier alpha value is -0.340. The van der Waals surface area contributed by atoms with E-state index in [9.17, 15) is 0 Å². The number of aryl methyl sites for hydroxylation is 1. The standard InChI is InChI=1S/C13H21NS/c1-10-8-11(9-15-10)13(2,3)6-7-14-12-4-5-12/h8-9,12,14H,4-7H2,1-3H3. The third kappa shape index (κ3) is 3.05. The minimum atomic E-state index is 0.326. The maximum Gasteiger partial charge on any atom is 0.00682 e. The highest BCUT2D eigenvalue weighted by atomic mass is 32.1. The summed E-state index contributed by atoms with van der Waals surface area (Å²) in [5.74, 6) is 0. The van der Waals surface area contributed by atoms with Crippen LogP contribution in [0.3, 0.4) is 0 Å². The monoisotopic (exact) mass is 223 g/mol. The molecule has 1 nitrogen and oxygen atoms in total. The molecule has 15 heavy (non-hydrogen) atoms. The van der Waals surface area contributed by atoms with Gasteiger partial charge in [-0.05, 0) is 55.2 Å². The zero-order valence-corrected chi connectivity index (χ0v) is 10.8. The summed E-state index contributed by atoms with van der Waals surface area (Å²) in [7, 11) is 0. The summed E-state index contributed by atoms with van der Waals surface area (Å²) < 4.78 is 0. The van der Waals surface area contributed by atoms with Crippen molar-refractivity contribution in [1.82, 2.24) is 5.32 Å². The summed E-state index contributed by atoms with van der Waals surface area (Å²) in [5, 5.41) is 5.90.